The van der Waals surface area contributed by atoms with Crippen LogP contribution in [0.5, 0.6) is 0 Å². The monoisotopic (exact) mass is 314 g/mol. The Morgan fingerprint density at radius 3 is 1.67 bits per heavy atom. The van der Waals surface area contributed by atoms with Crippen LogP contribution in [0, 0.1) is 0 Å². The Kier molecular flexibility index (Phi) is 7.31. The molecule has 2 aromatic heterocycles. The Hall–Kier alpha value is 0.1000. The molecule has 0 fully saturated rings. The number of hydrogen-bond donors (Lipinski definition) is 0. The Morgan fingerprint density at radius 2 is 1.28 bits per heavy atom. The van der Waals surface area contributed by atoms with Crippen molar-refractivity contribution in [3.63, 3.8) is 0 Å². The number of hydrogen-bond acceptors (Lipinski definition) is 4. The number of thiophene rings is 2. The molecule has 0 aliphatic heterocycles. The molecule has 4 heteroatoms. The van der Waals surface area contributed by atoms with E-state index in [1.807, 2.05) is 21.6 Å². The molecule has 0 spiro atoms. The van der Waals surface area contributed by atoms with Crippen LogP contribution in [0.2, 0.25) is 0 Å². The first-order valence-corrected chi connectivity index (χ1v) is 10.6. The van der Waals surface area contributed by atoms with Crippen LogP contribution in [0.25, 0.3) is 0 Å². The van der Waals surface area contributed by atoms with Crippen LogP contribution in [0.15, 0.2) is 33.7 Å². The molecule has 0 saturated heterocycles. The molecule has 2 rings (SSSR count). The third kappa shape index (κ3) is 5.83. The first-order valence-electron chi connectivity index (χ1n) is 6.22. The van der Waals surface area contributed by atoms with E-state index in [0.29, 0.717) is 0 Å². The van der Waals surface area contributed by atoms with Crippen LogP contribution >= 0.6 is 44.3 Å². The maximum Gasteiger partial charge on any atom is 0.00401 e. The van der Waals surface area contributed by atoms with Gasteiger partial charge in [-0.1, -0.05) is 21.6 Å². The van der Waals surface area contributed by atoms with Crippen molar-refractivity contribution in [2.45, 2.75) is 25.7 Å². The zero-order valence-corrected chi connectivity index (χ0v) is 13.6. The lowest BCUT2D eigenvalue weighted by Crippen LogP contribution is -1.86. The molecule has 0 saturated carbocycles. The quantitative estimate of drug-likeness (QED) is 0.426. The summed E-state index contributed by atoms with van der Waals surface area (Å²) in [6.45, 7) is 0. The lowest BCUT2D eigenvalue weighted by Gasteiger charge is -2.01. The fourth-order valence-electron chi connectivity index (χ4n) is 1.66. The highest BCUT2D eigenvalue weighted by Crippen LogP contribution is 2.24. The van der Waals surface area contributed by atoms with Gasteiger partial charge < -0.3 is 0 Å². The molecule has 0 N–H and O–H groups in total. The zero-order chi connectivity index (χ0) is 12.5. The summed E-state index contributed by atoms with van der Waals surface area (Å²) >= 11 is 3.60. The largest absolute Gasteiger partial charge is 0.152 e. The summed E-state index contributed by atoms with van der Waals surface area (Å²) < 4.78 is 0. The maximum atomic E-state index is 2.26. The fourth-order valence-corrected chi connectivity index (χ4v) is 5.24. The van der Waals surface area contributed by atoms with Crippen LogP contribution < -0.4 is 0 Å². The molecule has 0 radical (unpaired) electrons. The van der Waals surface area contributed by atoms with Crippen LogP contribution in [0.3, 0.4) is 0 Å². The molecule has 0 aliphatic rings. The molecule has 98 valence electrons. The van der Waals surface area contributed by atoms with E-state index in [9.17, 15) is 0 Å². The Bertz CT molecular complexity index is 351. The van der Waals surface area contributed by atoms with E-state index in [2.05, 4.69) is 33.7 Å². The lowest BCUT2D eigenvalue weighted by atomic mass is 10.2. The molecular weight excluding hydrogens is 296 g/mol. The number of rotatable bonds is 9. The van der Waals surface area contributed by atoms with E-state index in [1.165, 1.54) is 48.3 Å². The smallest absolute Gasteiger partial charge is 0.00401 e. The Morgan fingerprint density at radius 1 is 0.778 bits per heavy atom. The first-order chi connectivity index (χ1) is 8.95. The zero-order valence-electron chi connectivity index (χ0n) is 10.3. The minimum atomic E-state index is 1.24. The van der Waals surface area contributed by atoms with Crippen molar-refractivity contribution in [3.05, 3.63) is 44.8 Å². The van der Waals surface area contributed by atoms with E-state index in [-0.39, 0.29) is 0 Å². The van der Waals surface area contributed by atoms with Crippen molar-refractivity contribution in [1.82, 2.24) is 0 Å². The summed E-state index contributed by atoms with van der Waals surface area (Å²) in [7, 11) is 4.07. The van der Waals surface area contributed by atoms with Gasteiger partial charge in [0.15, 0.2) is 0 Å². The summed E-state index contributed by atoms with van der Waals surface area (Å²) in [5, 5.41) is 8.86. The van der Waals surface area contributed by atoms with E-state index in [1.54, 1.807) is 22.7 Å². The van der Waals surface area contributed by atoms with Crippen LogP contribution in [-0.4, -0.2) is 11.5 Å². The summed E-state index contributed by atoms with van der Waals surface area (Å²) in [4.78, 5) is 0. The second-order valence-electron chi connectivity index (χ2n) is 4.11. The molecule has 2 aromatic rings. The van der Waals surface area contributed by atoms with Gasteiger partial charge in [0.2, 0.25) is 0 Å². The average Bonchev–Trinajstić information content (AvgIpc) is 3.05. The third-order valence-corrected chi connectivity index (χ3v) is 6.67. The SMILES string of the molecule is c1cc(CCCSSCCCc2ccsc2)cs1. The summed E-state index contributed by atoms with van der Waals surface area (Å²) in [5.74, 6) is 2.55. The lowest BCUT2D eigenvalue weighted by molar-refractivity contribution is 0.938. The minimum absolute atomic E-state index is 1.24. The predicted octanol–water partition coefficient (Wildman–Crippen LogP) is 5.76. The van der Waals surface area contributed by atoms with Gasteiger partial charge in [-0.2, -0.15) is 22.7 Å². The van der Waals surface area contributed by atoms with E-state index in [4.69, 9.17) is 0 Å². The maximum absolute atomic E-state index is 2.26. The molecule has 0 bridgehead atoms. The molecule has 0 amide bonds. The van der Waals surface area contributed by atoms with Gasteiger partial charge in [0.25, 0.3) is 0 Å². The Balaban J connectivity index is 1.40. The summed E-state index contributed by atoms with van der Waals surface area (Å²) in [6.07, 6.45) is 5.09. The van der Waals surface area contributed by atoms with E-state index in [0.717, 1.165) is 0 Å². The van der Waals surface area contributed by atoms with Crippen molar-refractivity contribution < 1.29 is 0 Å². The van der Waals surface area contributed by atoms with Gasteiger partial charge >= 0.3 is 0 Å². The molecule has 0 aliphatic carbocycles. The molecule has 0 nitrogen and oxygen atoms in total. The Labute approximate surface area is 126 Å². The number of aryl methyl sites for hydroxylation is 2. The highest BCUT2D eigenvalue weighted by molar-refractivity contribution is 8.76. The normalized spacial score (nSPS) is 10.9. The van der Waals surface area contributed by atoms with Gasteiger partial charge in [0.1, 0.15) is 0 Å². The van der Waals surface area contributed by atoms with Crippen molar-refractivity contribution in [2.75, 3.05) is 11.5 Å². The van der Waals surface area contributed by atoms with Gasteiger partial charge in [-0.05, 0) is 70.5 Å². The van der Waals surface area contributed by atoms with Gasteiger partial charge in [-0.25, -0.2) is 0 Å². The highest BCUT2D eigenvalue weighted by atomic mass is 33.1. The molecule has 0 unspecified atom stereocenters. The standard InChI is InChI=1S/C14H18S4/c1(3-13-5-9-15-11-13)7-17-18-8-2-4-14-6-10-16-12-14/h5-6,9-12H,1-4,7-8H2. The van der Waals surface area contributed by atoms with Gasteiger partial charge in [0, 0.05) is 11.5 Å². The van der Waals surface area contributed by atoms with Crippen molar-refractivity contribution in [2.24, 2.45) is 0 Å². The predicted molar refractivity (Wildman–Crippen MR) is 90.2 cm³/mol. The van der Waals surface area contributed by atoms with E-state index >= 15 is 0 Å². The van der Waals surface area contributed by atoms with E-state index < -0.39 is 0 Å². The van der Waals surface area contributed by atoms with Crippen LogP contribution in [0.1, 0.15) is 24.0 Å². The van der Waals surface area contributed by atoms with Crippen LogP contribution in [-0.2, 0) is 12.8 Å². The molecule has 0 aromatic carbocycles. The topological polar surface area (TPSA) is 0 Å². The average molecular weight is 315 g/mol. The van der Waals surface area contributed by atoms with Gasteiger partial charge in [-0.3, -0.25) is 0 Å². The van der Waals surface area contributed by atoms with Crippen molar-refractivity contribution in [3.8, 4) is 0 Å². The molecule has 18 heavy (non-hydrogen) atoms. The fraction of sp³-hybridized carbons (Fsp3) is 0.429. The van der Waals surface area contributed by atoms with Gasteiger partial charge in [-0.15, -0.1) is 0 Å². The second kappa shape index (κ2) is 9.08. The second-order valence-corrected chi connectivity index (χ2v) is 8.38. The molecule has 2 heterocycles. The third-order valence-electron chi connectivity index (χ3n) is 2.63. The first kappa shape index (κ1) is 14.5. The minimum Gasteiger partial charge on any atom is -0.152 e. The summed E-state index contributed by atoms with van der Waals surface area (Å²) in [6, 6.07) is 4.48. The van der Waals surface area contributed by atoms with Crippen molar-refractivity contribution in [1.29, 1.82) is 0 Å². The van der Waals surface area contributed by atoms with Crippen molar-refractivity contribution >= 4 is 44.3 Å². The highest BCUT2D eigenvalue weighted by Gasteiger charge is 1.96. The summed E-state index contributed by atoms with van der Waals surface area (Å²) in [5.41, 5.74) is 3.01. The molecule has 0 atom stereocenters. The molecular formula is C14H18S4. The van der Waals surface area contributed by atoms with Crippen LogP contribution in [0.4, 0.5) is 0 Å². The van der Waals surface area contributed by atoms with Gasteiger partial charge in [0.05, 0.1) is 0 Å².